The molecular weight excluding hydrogens is 170 g/mol. The lowest BCUT2D eigenvalue weighted by Gasteiger charge is -2.05. The van der Waals surface area contributed by atoms with Crippen LogP contribution in [0.5, 0.6) is 0 Å². The number of hydrogen-bond acceptors (Lipinski definition) is 2. The van der Waals surface area contributed by atoms with Gasteiger partial charge >= 0.3 is 0 Å². The molecule has 1 atom stereocenters. The Balaban J connectivity index is 2.96. The fourth-order valence-corrected chi connectivity index (χ4v) is 1.41. The summed E-state index contributed by atoms with van der Waals surface area (Å²) < 4.78 is 10.7. The summed E-state index contributed by atoms with van der Waals surface area (Å²) in [6, 6.07) is 0. The van der Waals surface area contributed by atoms with E-state index < -0.39 is 10.8 Å². The van der Waals surface area contributed by atoms with Crippen molar-refractivity contribution in [1.29, 1.82) is 0 Å². The highest BCUT2D eigenvalue weighted by Crippen LogP contribution is 2.01. The molecule has 0 aromatic carbocycles. The number of nitrogens with one attached hydrogen (secondary N) is 1. The van der Waals surface area contributed by atoms with Crippen LogP contribution >= 0.6 is 0 Å². The highest BCUT2D eigenvalue weighted by atomic mass is 32.2. The quantitative estimate of drug-likeness (QED) is 0.616. The second-order valence-corrected chi connectivity index (χ2v) is 5.12. The fraction of sp³-hybridized carbons (Fsp3) is 1.00. The largest absolute Gasteiger partial charge is 0.316 e. The van der Waals surface area contributed by atoms with Crippen LogP contribution in [0, 0.1) is 5.92 Å². The minimum atomic E-state index is -0.642. The molecule has 0 aliphatic heterocycles. The topological polar surface area (TPSA) is 29.1 Å². The third-order valence-corrected chi connectivity index (χ3v) is 2.48. The predicted octanol–water partition coefficient (Wildman–Crippen LogP) is 1.39. The molecule has 2 nitrogen and oxygen atoms in total. The summed E-state index contributed by atoms with van der Waals surface area (Å²) in [5, 5.41) is 3.28. The lowest BCUT2D eigenvalue weighted by atomic mass is 10.1. The van der Waals surface area contributed by atoms with Crippen molar-refractivity contribution in [1.82, 2.24) is 5.32 Å². The molecule has 1 unspecified atom stereocenters. The summed E-state index contributed by atoms with van der Waals surface area (Å²) in [5.74, 6) is 1.58. The van der Waals surface area contributed by atoms with Crippen LogP contribution in [0.1, 0.15) is 26.7 Å². The van der Waals surface area contributed by atoms with Gasteiger partial charge in [0.05, 0.1) is 0 Å². The van der Waals surface area contributed by atoms with Crippen LogP contribution in [0.3, 0.4) is 0 Å². The molecule has 0 fully saturated rings. The molecule has 0 aliphatic rings. The summed E-state index contributed by atoms with van der Waals surface area (Å²) in [5.41, 5.74) is 0. The molecule has 0 aromatic rings. The van der Waals surface area contributed by atoms with Gasteiger partial charge in [-0.1, -0.05) is 13.8 Å². The van der Waals surface area contributed by atoms with Gasteiger partial charge in [0.15, 0.2) is 0 Å². The summed E-state index contributed by atoms with van der Waals surface area (Å²) in [7, 11) is -0.642. The van der Waals surface area contributed by atoms with Crippen molar-refractivity contribution < 1.29 is 4.21 Å². The molecule has 0 radical (unpaired) electrons. The molecule has 0 heterocycles. The summed E-state index contributed by atoms with van der Waals surface area (Å²) >= 11 is 0. The molecule has 0 spiro atoms. The summed E-state index contributed by atoms with van der Waals surface area (Å²) in [6.07, 6.45) is 4.26. The van der Waals surface area contributed by atoms with Gasteiger partial charge in [-0.05, 0) is 25.3 Å². The molecule has 0 saturated carbocycles. The first-order valence-electron chi connectivity index (χ1n) is 4.63. The predicted molar refractivity (Wildman–Crippen MR) is 55.9 cm³/mol. The lowest BCUT2D eigenvalue weighted by Crippen LogP contribution is -2.21. The first kappa shape index (κ1) is 12.1. The zero-order valence-electron chi connectivity index (χ0n) is 8.43. The Bertz CT molecular complexity index is 126. The van der Waals surface area contributed by atoms with Crippen molar-refractivity contribution in [2.75, 3.05) is 25.1 Å². The first-order valence-corrected chi connectivity index (χ1v) is 6.36. The van der Waals surface area contributed by atoms with E-state index in [4.69, 9.17) is 0 Å². The number of hydrogen-bond donors (Lipinski definition) is 1. The van der Waals surface area contributed by atoms with Crippen LogP contribution in [0.25, 0.3) is 0 Å². The van der Waals surface area contributed by atoms with E-state index in [1.807, 2.05) is 0 Å². The standard InChI is InChI=1S/C9H21NOS/c1-9(2)5-4-6-10-7-8-12(3)11/h9-10H,4-8H2,1-3H3. The van der Waals surface area contributed by atoms with E-state index in [0.29, 0.717) is 0 Å². The van der Waals surface area contributed by atoms with E-state index in [1.165, 1.54) is 12.8 Å². The molecule has 0 aliphatic carbocycles. The smallest absolute Gasteiger partial charge is 0.0357 e. The molecule has 0 saturated heterocycles. The fourth-order valence-electron chi connectivity index (χ4n) is 0.976. The molecule has 0 rings (SSSR count). The van der Waals surface area contributed by atoms with Crippen LogP contribution in [-0.4, -0.2) is 29.3 Å². The highest BCUT2D eigenvalue weighted by molar-refractivity contribution is 7.84. The van der Waals surface area contributed by atoms with Gasteiger partial charge in [-0.15, -0.1) is 0 Å². The minimum absolute atomic E-state index is 0.642. The summed E-state index contributed by atoms with van der Waals surface area (Å²) in [4.78, 5) is 0. The Morgan fingerprint density at radius 3 is 2.50 bits per heavy atom. The van der Waals surface area contributed by atoms with Gasteiger partial charge in [-0.2, -0.15) is 0 Å². The van der Waals surface area contributed by atoms with Crippen molar-refractivity contribution in [2.45, 2.75) is 26.7 Å². The molecule has 12 heavy (non-hydrogen) atoms. The second-order valence-electron chi connectivity index (χ2n) is 3.56. The van der Waals surface area contributed by atoms with E-state index in [0.717, 1.165) is 24.8 Å². The molecule has 3 heteroatoms. The van der Waals surface area contributed by atoms with Crippen molar-refractivity contribution in [2.24, 2.45) is 5.92 Å². The Kier molecular flexibility index (Phi) is 7.81. The maximum atomic E-state index is 10.7. The Morgan fingerprint density at radius 2 is 2.00 bits per heavy atom. The van der Waals surface area contributed by atoms with Crippen LogP contribution in [0.4, 0.5) is 0 Å². The normalized spacial score (nSPS) is 13.7. The zero-order chi connectivity index (χ0) is 9.40. The van der Waals surface area contributed by atoms with Crippen LogP contribution in [0.2, 0.25) is 0 Å². The van der Waals surface area contributed by atoms with Crippen molar-refractivity contribution >= 4 is 10.8 Å². The minimum Gasteiger partial charge on any atom is -0.316 e. The lowest BCUT2D eigenvalue weighted by molar-refractivity contribution is 0.533. The number of rotatable bonds is 7. The van der Waals surface area contributed by atoms with Gasteiger partial charge in [0.25, 0.3) is 0 Å². The van der Waals surface area contributed by atoms with Crippen molar-refractivity contribution in [3.05, 3.63) is 0 Å². The van der Waals surface area contributed by atoms with E-state index in [9.17, 15) is 4.21 Å². The van der Waals surface area contributed by atoms with E-state index >= 15 is 0 Å². The average Bonchev–Trinajstić information content (AvgIpc) is 1.95. The SMILES string of the molecule is CC(C)CCCNCCS(C)=O. The third kappa shape index (κ3) is 10.1. The summed E-state index contributed by atoms with van der Waals surface area (Å²) in [6.45, 7) is 6.43. The van der Waals surface area contributed by atoms with E-state index in [1.54, 1.807) is 6.26 Å². The Hall–Kier alpha value is 0.110. The molecular formula is C9H21NOS. The van der Waals surface area contributed by atoms with Gasteiger partial charge in [0.1, 0.15) is 0 Å². The van der Waals surface area contributed by atoms with E-state index in [-0.39, 0.29) is 0 Å². The van der Waals surface area contributed by atoms with Crippen LogP contribution < -0.4 is 5.32 Å². The maximum Gasteiger partial charge on any atom is 0.0357 e. The Labute approximate surface area is 78.6 Å². The van der Waals surface area contributed by atoms with Gasteiger partial charge in [-0.3, -0.25) is 4.21 Å². The van der Waals surface area contributed by atoms with Gasteiger partial charge < -0.3 is 5.32 Å². The molecule has 0 aromatic heterocycles. The first-order chi connectivity index (χ1) is 5.63. The zero-order valence-corrected chi connectivity index (χ0v) is 9.25. The molecule has 1 N–H and O–H groups in total. The second kappa shape index (κ2) is 7.74. The van der Waals surface area contributed by atoms with Gasteiger partial charge in [-0.25, -0.2) is 0 Å². The van der Waals surface area contributed by atoms with Gasteiger partial charge in [0.2, 0.25) is 0 Å². The molecule has 0 amide bonds. The molecule has 0 bridgehead atoms. The third-order valence-electron chi connectivity index (χ3n) is 1.70. The van der Waals surface area contributed by atoms with Crippen molar-refractivity contribution in [3.63, 3.8) is 0 Å². The van der Waals surface area contributed by atoms with Crippen LogP contribution in [0.15, 0.2) is 0 Å². The Morgan fingerprint density at radius 1 is 1.33 bits per heavy atom. The maximum absolute atomic E-state index is 10.7. The molecule has 74 valence electrons. The van der Waals surface area contributed by atoms with Crippen LogP contribution in [-0.2, 0) is 10.8 Å². The monoisotopic (exact) mass is 191 g/mol. The van der Waals surface area contributed by atoms with Gasteiger partial charge in [0, 0.05) is 29.4 Å². The average molecular weight is 191 g/mol. The highest BCUT2D eigenvalue weighted by Gasteiger charge is 1.94. The van der Waals surface area contributed by atoms with Crippen molar-refractivity contribution in [3.8, 4) is 0 Å². The van der Waals surface area contributed by atoms with E-state index in [2.05, 4.69) is 19.2 Å².